The van der Waals surface area contributed by atoms with E-state index in [1.54, 1.807) is 24.9 Å². The molecule has 1 atom stereocenters. The number of ether oxygens (including phenoxy) is 2. The molecule has 7 rings (SSSR count). The largest absolute Gasteiger partial charge is 0.493 e. The summed E-state index contributed by atoms with van der Waals surface area (Å²) in [6.45, 7) is 6.33. The van der Waals surface area contributed by atoms with Crippen LogP contribution in [0.5, 0.6) is 11.5 Å². The smallest absolute Gasteiger partial charge is 0.261 e. The SMILES string of the molecule is COc1cc2c(cc1OCCCCCCCCSC(=S)N1CCN(CCCN3C(=O)c4cccc5cccc(c45)C3=O)CC1)N=C[C@@H]1CCCN1C2=O. The number of piperazine rings is 1. The molecular weight excluding hydrogens is 707 g/mol. The molecule has 0 saturated carbocycles. The van der Waals surface area contributed by atoms with Crippen molar-refractivity contribution in [2.45, 2.75) is 63.8 Å². The van der Waals surface area contributed by atoms with E-state index in [0.29, 0.717) is 47.0 Å². The van der Waals surface area contributed by atoms with Crippen LogP contribution >= 0.6 is 24.0 Å². The van der Waals surface area contributed by atoms with Gasteiger partial charge in [-0.3, -0.25) is 29.2 Å². The van der Waals surface area contributed by atoms with E-state index in [4.69, 9.17) is 21.7 Å². The fraction of sp³-hybridized carbons (Fsp3) is 0.488. The number of rotatable bonds is 15. The van der Waals surface area contributed by atoms with Crippen LogP contribution in [0, 0.1) is 0 Å². The number of carbonyl (C=O) groups excluding carboxylic acids is 3. The van der Waals surface area contributed by atoms with Crippen molar-refractivity contribution < 1.29 is 23.9 Å². The summed E-state index contributed by atoms with van der Waals surface area (Å²) in [5.74, 6) is 1.90. The number of unbranched alkanes of at least 4 members (excludes halogenated alkanes) is 5. The van der Waals surface area contributed by atoms with Gasteiger partial charge in [0.15, 0.2) is 11.5 Å². The summed E-state index contributed by atoms with van der Waals surface area (Å²) in [6, 6.07) is 15.0. The van der Waals surface area contributed by atoms with Gasteiger partial charge in [0, 0.05) is 73.8 Å². The Morgan fingerprint density at radius 2 is 1.53 bits per heavy atom. The molecule has 3 aromatic carbocycles. The first-order valence-corrected chi connectivity index (χ1v) is 20.5. The lowest BCUT2D eigenvalue weighted by Gasteiger charge is -2.36. The van der Waals surface area contributed by atoms with Gasteiger partial charge in [0.05, 0.1) is 31.0 Å². The zero-order chi connectivity index (χ0) is 36.7. The number of aliphatic imine (C=N–C) groups is 1. The van der Waals surface area contributed by atoms with Gasteiger partial charge in [0.2, 0.25) is 0 Å². The molecule has 53 heavy (non-hydrogen) atoms. The van der Waals surface area contributed by atoms with Gasteiger partial charge in [-0.15, -0.1) is 0 Å². The van der Waals surface area contributed by atoms with Crippen molar-refractivity contribution in [2.75, 3.05) is 65.3 Å². The van der Waals surface area contributed by atoms with E-state index in [9.17, 15) is 14.4 Å². The van der Waals surface area contributed by atoms with E-state index in [2.05, 4.69) is 14.8 Å². The maximum Gasteiger partial charge on any atom is 0.261 e. The molecule has 0 radical (unpaired) electrons. The lowest BCUT2D eigenvalue weighted by molar-refractivity contribution is 0.0600. The Labute approximate surface area is 321 Å². The van der Waals surface area contributed by atoms with Gasteiger partial charge in [-0.25, -0.2) is 0 Å². The molecule has 4 aliphatic heterocycles. The van der Waals surface area contributed by atoms with Crippen molar-refractivity contribution in [3.63, 3.8) is 0 Å². The number of carbonyl (C=O) groups is 3. The predicted octanol–water partition coefficient (Wildman–Crippen LogP) is 7.21. The average molecular weight is 756 g/mol. The summed E-state index contributed by atoms with van der Waals surface area (Å²) >= 11 is 7.57. The first-order chi connectivity index (χ1) is 25.9. The minimum absolute atomic E-state index is 0.0194. The first-order valence-electron chi connectivity index (χ1n) is 19.1. The normalized spacial score (nSPS) is 18.4. The highest BCUT2D eigenvalue weighted by molar-refractivity contribution is 8.22. The molecule has 4 heterocycles. The van der Waals surface area contributed by atoms with E-state index < -0.39 is 0 Å². The Morgan fingerprint density at radius 3 is 2.26 bits per heavy atom. The second kappa shape index (κ2) is 17.4. The molecule has 0 bridgehead atoms. The summed E-state index contributed by atoms with van der Waals surface area (Å²) in [5.41, 5.74) is 2.48. The minimum Gasteiger partial charge on any atom is -0.493 e. The highest BCUT2D eigenvalue weighted by Gasteiger charge is 2.34. The molecule has 2 fully saturated rings. The zero-order valence-electron chi connectivity index (χ0n) is 30.6. The van der Waals surface area contributed by atoms with Gasteiger partial charge in [-0.2, -0.15) is 0 Å². The molecule has 10 nitrogen and oxygen atoms in total. The molecule has 12 heteroatoms. The second-order valence-electron chi connectivity index (χ2n) is 14.2. The first kappa shape index (κ1) is 37.3. The van der Waals surface area contributed by atoms with Crippen molar-refractivity contribution in [1.82, 2.24) is 19.6 Å². The summed E-state index contributed by atoms with van der Waals surface area (Å²) < 4.78 is 12.7. The number of nitrogens with zero attached hydrogens (tertiary/aromatic N) is 5. The van der Waals surface area contributed by atoms with Crippen LogP contribution in [0.4, 0.5) is 5.69 Å². The number of thiocarbonyl (C=S) groups is 1. The van der Waals surface area contributed by atoms with E-state index in [1.807, 2.05) is 53.6 Å². The lowest BCUT2D eigenvalue weighted by atomic mass is 9.94. The van der Waals surface area contributed by atoms with E-state index in [0.717, 1.165) is 98.6 Å². The van der Waals surface area contributed by atoms with Gasteiger partial charge < -0.3 is 19.3 Å². The number of thioether (sulfide) groups is 1. The van der Waals surface area contributed by atoms with Gasteiger partial charge >= 0.3 is 0 Å². The van der Waals surface area contributed by atoms with Crippen LogP contribution in [0.2, 0.25) is 0 Å². The number of methoxy groups -OCH3 is 1. The Kier molecular flexibility index (Phi) is 12.3. The van der Waals surface area contributed by atoms with Gasteiger partial charge in [0.1, 0.15) is 4.32 Å². The van der Waals surface area contributed by atoms with Gasteiger partial charge in [-0.1, -0.05) is 73.9 Å². The van der Waals surface area contributed by atoms with Gasteiger partial charge in [0.25, 0.3) is 17.7 Å². The molecule has 0 unspecified atom stereocenters. The maximum absolute atomic E-state index is 13.2. The number of fused-ring (bicyclic) bond motifs is 2. The molecule has 0 aromatic heterocycles. The van der Waals surface area contributed by atoms with E-state index in [-0.39, 0.29) is 23.8 Å². The van der Waals surface area contributed by atoms with Crippen LogP contribution in [-0.2, 0) is 0 Å². The predicted molar refractivity (Wildman–Crippen MR) is 215 cm³/mol. The van der Waals surface area contributed by atoms with Crippen LogP contribution in [0.15, 0.2) is 53.5 Å². The summed E-state index contributed by atoms with van der Waals surface area (Å²) in [4.78, 5) is 52.2. The van der Waals surface area contributed by atoms with Crippen molar-refractivity contribution in [1.29, 1.82) is 0 Å². The van der Waals surface area contributed by atoms with Crippen LogP contribution in [0.1, 0.15) is 88.9 Å². The third kappa shape index (κ3) is 8.39. The van der Waals surface area contributed by atoms with Crippen molar-refractivity contribution in [2.24, 2.45) is 4.99 Å². The molecule has 2 saturated heterocycles. The lowest BCUT2D eigenvalue weighted by Crippen LogP contribution is -2.48. The molecule has 0 N–H and O–H groups in total. The third-order valence-electron chi connectivity index (χ3n) is 10.8. The number of imide groups is 1. The van der Waals surface area contributed by atoms with Crippen molar-refractivity contribution in [3.8, 4) is 11.5 Å². The van der Waals surface area contributed by atoms with Gasteiger partial charge in [-0.05, 0) is 62.2 Å². The summed E-state index contributed by atoms with van der Waals surface area (Å²) in [6.07, 6.45) is 11.4. The number of hydrogen-bond acceptors (Lipinski definition) is 9. The monoisotopic (exact) mass is 755 g/mol. The highest BCUT2D eigenvalue weighted by Crippen LogP contribution is 2.38. The van der Waals surface area contributed by atoms with Crippen LogP contribution in [0.25, 0.3) is 10.8 Å². The number of hydrogen-bond donors (Lipinski definition) is 0. The van der Waals surface area contributed by atoms with Crippen LogP contribution in [-0.4, -0.2) is 119 Å². The fourth-order valence-corrected chi connectivity index (χ4v) is 9.18. The molecule has 3 aromatic rings. The highest BCUT2D eigenvalue weighted by atomic mass is 32.2. The van der Waals surface area contributed by atoms with E-state index >= 15 is 0 Å². The maximum atomic E-state index is 13.2. The van der Waals surface area contributed by atoms with Crippen molar-refractivity contribution in [3.05, 3.63) is 65.2 Å². The fourth-order valence-electron chi connectivity index (χ4n) is 7.85. The number of amides is 3. The van der Waals surface area contributed by atoms with E-state index in [1.165, 1.54) is 24.2 Å². The second-order valence-corrected chi connectivity index (χ2v) is 16.0. The third-order valence-corrected chi connectivity index (χ3v) is 12.4. The van der Waals surface area contributed by atoms with Crippen LogP contribution < -0.4 is 9.47 Å². The summed E-state index contributed by atoms with van der Waals surface area (Å²) in [7, 11) is 1.61. The van der Waals surface area contributed by atoms with Crippen molar-refractivity contribution >= 4 is 68.7 Å². The molecule has 280 valence electrons. The molecule has 4 aliphatic rings. The number of benzene rings is 3. The minimum atomic E-state index is -0.188. The molecule has 3 amide bonds. The molecular formula is C41H49N5O5S2. The Morgan fingerprint density at radius 1 is 0.811 bits per heavy atom. The summed E-state index contributed by atoms with van der Waals surface area (Å²) in [5, 5.41) is 1.71. The topological polar surface area (TPSA) is 95.0 Å². The standard InChI is InChI=1S/C41H49N5O5S2/c1-50-35-26-33-34(42-28-30-14-10-18-45(30)40(33)49)27-36(35)51-24-6-4-2-3-5-7-25-53-41(52)44-22-20-43(21-23-44)17-11-19-46-38(47)31-15-8-12-29-13-9-16-32(37(29)31)39(46)48/h8-9,12-13,15-16,26-28,30H,2-7,10-11,14,17-25H2,1H3/t30-/m0/s1. The Balaban J connectivity index is 0.732. The zero-order valence-corrected chi connectivity index (χ0v) is 32.2. The molecule has 0 aliphatic carbocycles. The quantitative estimate of drug-likeness (QED) is 0.0907. The molecule has 0 spiro atoms. The Hall–Kier alpha value is -4.00. The van der Waals surface area contributed by atoms with Crippen LogP contribution in [0.3, 0.4) is 0 Å². The average Bonchev–Trinajstić information content (AvgIpc) is 3.62. The Bertz CT molecular complexity index is 1830.